The number of hydrogen-bond donors (Lipinski definition) is 5. The van der Waals surface area contributed by atoms with Gasteiger partial charge in [-0.25, -0.2) is 10.4 Å². The molecule has 3 heterocycles. The molecule has 14 nitrogen and oxygen atoms in total. The number of amides is 1. The van der Waals surface area contributed by atoms with Crippen molar-refractivity contribution < 1.29 is 9.53 Å². The molecule has 4 aromatic rings. The quantitative estimate of drug-likeness (QED) is 0.103. The highest BCUT2D eigenvalue weighted by atomic mass is 16.5. The van der Waals surface area contributed by atoms with E-state index >= 15 is 0 Å². The summed E-state index contributed by atoms with van der Waals surface area (Å²) in [5.41, 5.74) is 6.00. The van der Waals surface area contributed by atoms with E-state index in [1.54, 1.807) is 7.05 Å². The van der Waals surface area contributed by atoms with E-state index in [0.29, 0.717) is 30.6 Å². The number of hydrogen-bond acceptors (Lipinski definition) is 9. The molecule has 2 aromatic heterocycles. The highest BCUT2D eigenvalue weighted by Crippen LogP contribution is 2.27. The van der Waals surface area contributed by atoms with Crippen molar-refractivity contribution in [3.63, 3.8) is 0 Å². The fourth-order valence-electron chi connectivity index (χ4n) is 3.94. The summed E-state index contributed by atoms with van der Waals surface area (Å²) in [6, 6.07) is 15.0. The predicted molar refractivity (Wildman–Crippen MR) is 154 cm³/mol. The van der Waals surface area contributed by atoms with E-state index in [9.17, 15) is 9.59 Å². The van der Waals surface area contributed by atoms with Crippen LogP contribution in [0.4, 0.5) is 5.69 Å². The number of rotatable bonds is 6. The molecule has 1 atom stereocenters. The molecular formula is C27H29N11O3. The number of aliphatic imine (C=N–C) groups is 1. The number of aromatic amines is 2. The standard InChI is InChI=1S/C14H16N6O.C13H13N5O2/c1-9-7-12(21)19-20-13(9)10-3-5-11(6-4-10)18-14(16-2)17-8-15;1-2-7-20-9-6-4-3-5-8(9)11-14-12-10(13(19)15-11)16-18-17-12/h3-6,9H,7H2,1-2H3,(H,19,21)(H2,16,17,18);3-6H,2,7H2,1H3,(H2,14,15,16,17,18,19). The van der Waals surface area contributed by atoms with Gasteiger partial charge in [-0.05, 0) is 36.2 Å². The second kappa shape index (κ2) is 13.5. The smallest absolute Gasteiger partial charge is 0.281 e. The van der Waals surface area contributed by atoms with Crippen LogP contribution < -0.4 is 26.4 Å². The van der Waals surface area contributed by atoms with Crippen LogP contribution >= 0.6 is 0 Å². The van der Waals surface area contributed by atoms with E-state index in [1.807, 2.05) is 68.6 Å². The van der Waals surface area contributed by atoms with Gasteiger partial charge in [0.25, 0.3) is 5.56 Å². The van der Waals surface area contributed by atoms with Crippen LogP contribution in [-0.4, -0.2) is 56.6 Å². The van der Waals surface area contributed by atoms with Crippen LogP contribution in [0, 0.1) is 17.4 Å². The normalized spacial score (nSPS) is 14.7. The van der Waals surface area contributed by atoms with Gasteiger partial charge in [-0.3, -0.25) is 19.9 Å². The highest BCUT2D eigenvalue weighted by Gasteiger charge is 2.21. The second-order valence-electron chi connectivity index (χ2n) is 8.90. The number of carbonyl (C=O) groups is 1. The summed E-state index contributed by atoms with van der Waals surface area (Å²) in [4.78, 5) is 34.0. The predicted octanol–water partition coefficient (Wildman–Crippen LogP) is 2.51. The third-order valence-electron chi connectivity index (χ3n) is 5.90. The molecule has 0 saturated carbocycles. The summed E-state index contributed by atoms with van der Waals surface area (Å²) in [6.45, 7) is 4.61. The van der Waals surface area contributed by atoms with Crippen LogP contribution in [0.25, 0.3) is 22.6 Å². The number of nitrogens with one attached hydrogen (secondary N) is 5. The minimum Gasteiger partial charge on any atom is -0.493 e. The first-order chi connectivity index (χ1) is 19.9. The van der Waals surface area contributed by atoms with Gasteiger partial charge >= 0.3 is 0 Å². The van der Waals surface area contributed by atoms with E-state index in [4.69, 9.17) is 10.00 Å². The first-order valence-electron chi connectivity index (χ1n) is 12.8. The maximum atomic E-state index is 11.9. The number of para-hydroxylation sites is 1. The molecule has 210 valence electrons. The zero-order chi connectivity index (χ0) is 29.2. The van der Waals surface area contributed by atoms with Crippen LogP contribution in [0.15, 0.2) is 63.4 Å². The molecule has 0 radical (unpaired) electrons. The Hall–Kier alpha value is -5.58. The number of nitriles is 1. The van der Waals surface area contributed by atoms with Gasteiger partial charge < -0.3 is 15.0 Å². The molecule has 1 unspecified atom stereocenters. The monoisotopic (exact) mass is 555 g/mol. The SMILES string of the molecule is CCCOc1ccccc1-c1nc2n[nH]nc2c(=O)[nH]1.CN=C(NC#N)Nc1ccc(C2=NNC(=O)CC2C)cc1. The third-order valence-corrected chi connectivity index (χ3v) is 5.90. The molecule has 14 heteroatoms. The van der Waals surface area contributed by atoms with Crippen molar-refractivity contribution >= 4 is 34.4 Å². The first-order valence-corrected chi connectivity index (χ1v) is 12.8. The Labute approximate surface area is 235 Å². The number of nitrogens with zero attached hydrogens (tertiary/aromatic N) is 6. The molecule has 5 rings (SSSR count). The number of fused-ring (bicyclic) bond motifs is 1. The molecule has 5 N–H and O–H groups in total. The molecular weight excluding hydrogens is 526 g/mol. The maximum Gasteiger partial charge on any atom is 0.281 e. The molecule has 0 fully saturated rings. The van der Waals surface area contributed by atoms with Crippen molar-refractivity contribution in [2.24, 2.45) is 16.0 Å². The number of anilines is 1. The van der Waals surface area contributed by atoms with Crippen molar-refractivity contribution in [3.8, 4) is 23.3 Å². The zero-order valence-corrected chi connectivity index (χ0v) is 22.7. The van der Waals surface area contributed by atoms with Gasteiger partial charge in [0.05, 0.1) is 17.9 Å². The fourth-order valence-corrected chi connectivity index (χ4v) is 3.94. The molecule has 1 aliphatic heterocycles. The summed E-state index contributed by atoms with van der Waals surface area (Å²) in [7, 11) is 1.59. The van der Waals surface area contributed by atoms with Crippen LogP contribution in [0.2, 0.25) is 0 Å². The summed E-state index contributed by atoms with van der Waals surface area (Å²) >= 11 is 0. The summed E-state index contributed by atoms with van der Waals surface area (Å²) in [6.07, 6.45) is 3.15. The largest absolute Gasteiger partial charge is 0.493 e. The number of guanidine groups is 1. The lowest BCUT2D eigenvalue weighted by Crippen LogP contribution is -2.32. The van der Waals surface area contributed by atoms with Gasteiger partial charge in [0.2, 0.25) is 17.5 Å². The number of ether oxygens (including phenoxy) is 1. The fraction of sp³-hybridized carbons (Fsp3) is 0.259. The van der Waals surface area contributed by atoms with Gasteiger partial charge in [-0.1, -0.05) is 38.1 Å². The molecule has 0 bridgehead atoms. The van der Waals surface area contributed by atoms with Gasteiger partial charge in [-0.15, -0.1) is 10.2 Å². The van der Waals surface area contributed by atoms with Gasteiger partial charge in [-0.2, -0.15) is 15.6 Å². The first kappa shape index (κ1) is 28.4. The van der Waals surface area contributed by atoms with Crippen molar-refractivity contribution in [2.75, 3.05) is 19.0 Å². The molecule has 0 aliphatic carbocycles. The van der Waals surface area contributed by atoms with Crippen molar-refractivity contribution in [3.05, 3.63) is 64.4 Å². The maximum absolute atomic E-state index is 11.9. The number of hydrazone groups is 1. The summed E-state index contributed by atoms with van der Waals surface area (Å²) in [5.74, 6) is 1.51. The minimum atomic E-state index is -0.330. The van der Waals surface area contributed by atoms with Crippen molar-refractivity contribution in [2.45, 2.75) is 26.7 Å². The molecule has 1 aliphatic rings. The lowest BCUT2D eigenvalue weighted by atomic mass is 9.94. The topological polar surface area (TPSA) is 198 Å². The number of H-pyrrole nitrogens is 2. The van der Waals surface area contributed by atoms with E-state index in [1.165, 1.54) is 0 Å². The van der Waals surface area contributed by atoms with Crippen LogP contribution in [0.5, 0.6) is 5.75 Å². The Morgan fingerprint density at radius 1 is 1.17 bits per heavy atom. The zero-order valence-electron chi connectivity index (χ0n) is 22.7. The van der Waals surface area contributed by atoms with Crippen LogP contribution in [-0.2, 0) is 4.79 Å². The molecule has 1 amide bonds. The number of benzene rings is 2. The lowest BCUT2D eigenvalue weighted by Gasteiger charge is -2.19. The van der Waals surface area contributed by atoms with Gasteiger partial charge in [0.1, 0.15) is 11.6 Å². The Bertz CT molecular complexity index is 1670. The summed E-state index contributed by atoms with van der Waals surface area (Å²) in [5, 5.41) is 28.1. The van der Waals surface area contributed by atoms with E-state index in [-0.39, 0.29) is 28.5 Å². The molecule has 41 heavy (non-hydrogen) atoms. The Morgan fingerprint density at radius 2 is 1.95 bits per heavy atom. The Balaban J connectivity index is 0.000000189. The minimum absolute atomic E-state index is 0.0593. The third kappa shape index (κ3) is 7.09. The molecule has 0 spiro atoms. The van der Waals surface area contributed by atoms with E-state index < -0.39 is 0 Å². The second-order valence-corrected chi connectivity index (χ2v) is 8.90. The Kier molecular flexibility index (Phi) is 9.34. The number of carbonyl (C=O) groups excluding carboxylic acids is 1. The average Bonchev–Trinajstić information content (AvgIpc) is 3.46. The highest BCUT2D eigenvalue weighted by molar-refractivity contribution is 6.06. The summed E-state index contributed by atoms with van der Waals surface area (Å²) < 4.78 is 5.67. The number of aromatic nitrogens is 5. The Morgan fingerprint density at radius 3 is 2.66 bits per heavy atom. The van der Waals surface area contributed by atoms with E-state index in [2.05, 4.69) is 51.5 Å². The van der Waals surface area contributed by atoms with Gasteiger partial charge in [0, 0.05) is 25.1 Å². The van der Waals surface area contributed by atoms with Gasteiger partial charge in [0.15, 0.2) is 11.7 Å². The van der Waals surface area contributed by atoms with Crippen molar-refractivity contribution in [1.29, 1.82) is 5.26 Å². The van der Waals surface area contributed by atoms with Crippen LogP contribution in [0.3, 0.4) is 0 Å². The van der Waals surface area contributed by atoms with Crippen molar-refractivity contribution in [1.82, 2.24) is 36.1 Å². The average molecular weight is 556 g/mol. The lowest BCUT2D eigenvalue weighted by molar-refractivity contribution is -0.121. The van der Waals surface area contributed by atoms with E-state index in [0.717, 1.165) is 28.9 Å². The molecule has 2 aromatic carbocycles. The van der Waals surface area contributed by atoms with Crippen LogP contribution in [0.1, 0.15) is 32.3 Å². The molecule has 0 saturated heterocycles.